The van der Waals surface area contributed by atoms with E-state index >= 15 is 0 Å². The number of nitro benzene ring substituents is 1. The zero-order chi connectivity index (χ0) is 18.5. The van der Waals surface area contributed by atoms with Crippen LogP contribution in [0.4, 0.5) is 17.1 Å². The van der Waals surface area contributed by atoms with Crippen LogP contribution in [-0.2, 0) is 11.3 Å². The molecule has 132 valence electrons. The van der Waals surface area contributed by atoms with Crippen molar-refractivity contribution in [3.05, 3.63) is 75.9 Å². The van der Waals surface area contributed by atoms with Crippen molar-refractivity contribution >= 4 is 23.0 Å². The number of anilines is 2. The van der Waals surface area contributed by atoms with Crippen LogP contribution in [0, 0.1) is 17.0 Å². The Morgan fingerprint density at radius 2 is 2.04 bits per heavy atom. The Morgan fingerprint density at radius 3 is 2.69 bits per heavy atom. The van der Waals surface area contributed by atoms with Gasteiger partial charge in [-0.2, -0.15) is 4.98 Å². The molecule has 26 heavy (non-hydrogen) atoms. The van der Waals surface area contributed by atoms with Crippen LogP contribution in [-0.4, -0.2) is 21.0 Å². The Labute approximate surface area is 147 Å². The van der Waals surface area contributed by atoms with Gasteiger partial charge in [-0.3, -0.25) is 10.1 Å². The lowest BCUT2D eigenvalue weighted by Gasteiger charge is -2.08. The number of nitro groups is 1. The van der Waals surface area contributed by atoms with E-state index in [1.807, 2.05) is 6.07 Å². The van der Waals surface area contributed by atoms with Crippen LogP contribution in [0.15, 0.2) is 53.1 Å². The molecule has 0 amide bonds. The van der Waals surface area contributed by atoms with E-state index in [1.54, 1.807) is 31.2 Å². The van der Waals surface area contributed by atoms with Gasteiger partial charge in [0.05, 0.1) is 10.5 Å². The van der Waals surface area contributed by atoms with Crippen LogP contribution in [0.1, 0.15) is 22.1 Å². The SMILES string of the molecule is Cc1noc(COC(=O)c2ccc(Nc3ccccc3)c([N+](=O)[O-])c2)n1. The van der Waals surface area contributed by atoms with Crippen LogP contribution in [0.2, 0.25) is 0 Å². The minimum absolute atomic E-state index is 0.0477. The van der Waals surface area contributed by atoms with Crippen LogP contribution in [0.25, 0.3) is 0 Å². The molecule has 0 unspecified atom stereocenters. The van der Waals surface area contributed by atoms with Gasteiger partial charge in [-0.25, -0.2) is 4.79 Å². The molecule has 0 saturated carbocycles. The second-order valence-electron chi connectivity index (χ2n) is 5.29. The van der Waals surface area contributed by atoms with Gasteiger partial charge < -0.3 is 14.6 Å². The summed E-state index contributed by atoms with van der Waals surface area (Å²) in [7, 11) is 0. The van der Waals surface area contributed by atoms with Gasteiger partial charge in [0, 0.05) is 11.8 Å². The third kappa shape index (κ3) is 4.01. The summed E-state index contributed by atoms with van der Waals surface area (Å²) in [5, 5.41) is 17.9. The molecule has 2 aromatic carbocycles. The minimum atomic E-state index is -0.727. The van der Waals surface area contributed by atoms with Crippen LogP contribution < -0.4 is 5.32 Å². The molecule has 1 N–H and O–H groups in total. The molecular weight excluding hydrogens is 340 g/mol. The molecule has 0 fully saturated rings. The summed E-state index contributed by atoms with van der Waals surface area (Å²) in [6.07, 6.45) is 0. The molecule has 9 heteroatoms. The molecule has 0 aliphatic carbocycles. The highest BCUT2D eigenvalue weighted by atomic mass is 16.6. The third-order valence-corrected chi connectivity index (χ3v) is 3.38. The van der Waals surface area contributed by atoms with Gasteiger partial charge >= 0.3 is 5.97 Å². The maximum Gasteiger partial charge on any atom is 0.338 e. The number of carbonyl (C=O) groups excluding carboxylic acids is 1. The van der Waals surface area contributed by atoms with Gasteiger partial charge in [0.15, 0.2) is 12.4 Å². The fourth-order valence-corrected chi connectivity index (χ4v) is 2.20. The molecule has 1 aromatic heterocycles. The topological polar surface area (TPSA) is 120 Å². The Hall–Kier alpha value is -3.75. The summed E-state index contributed by atoms with van der Waals surface area (Å²) in [5.74, 6) is -0.161. The Morgan fingerprint density at radius 1 is 1.27 bits per heavy atom. The number of para-hydroxylation sites is 1. The Balaban J connectivity index is 1.77. The first-order valence-electron chi connectivity index (χ1n) is 7.60. The van der Waals surface area contributed by atoms with Crippen molar-refractivity contribution < 1.29 is 19.0 Å². The van der Waals surface area contributed by atoms with Gasteiger partial charge in [0.2, 0.25) is 0 Å². The summed E-state index contributed by atoms with van der Waals surface area (Å²) in [4.78, 5) is 26.8. The molecule has 0 radical (unpaired) electrons. The average molecular weight is 354 g/mol. The van der Waals surface area contributed by atoms with E-state index in [4.69, 9.17) is 9.26 Å². The number of nitrogens with one attached hydrogen (secondary N) is 1. The molecular formula is C17H14N4O5. The van der Waals surface area contributed by atoms with Gasteiger partial charge in [-0.15, -0.1) is 0 Å². The number of rotatable bonds is 6. The van der Waals surface area contributed by atoms with Crippen molar-refractivity contribution in [2.75, 3.05) is 5.32 Å². The number of hydrogen-bond acceptors (Lipinski definition) is 8. The van der Waals surface area contributed by atoms with Crippen molar-refractivity contribution in [2.24, 2.45) is 0 Å². The van der Waals surface area contributed by atoms with Gasteiger partial charge in [0.1, 0.15) is 5.69 Å². The standard InChI is InChI=1S/C17H14N4O5/c1-11-18-16(26-20-11)10-25-17(22)12-7-8-14(15(9-12)21(23)24)19-13-5-3-2-4-6-13/h2-9,19H,10H2,1H3. The smallest absolute Gasteiger partial charge is 0.338 e. The summed E-state index contributed by atoms with van der Waals surface area (Å²) in [6, 6.07) is 13.1. The van der Waals surface area contributed by atoms with Gasteiger partial charge in [-0.1, -0.05) is 23.4 Å². The normalized spacial score (nSPS) is 10.3. The van der Waals surface area contributed by atoms with E-state index in [0.717, 1.165) is 6.07 Å². The maximum absolute atomic E-state index is 12.1. The lowest BCUT2D eigenvalue weighted by Crippen LogP contribution is -2.07. The van der Waals surface area contributed by atoms with E-state index in [9.17, 15) is 14.9 Å². The monoisotopic (exact) mass is 354 g/mol. The van der Waals surface area contributed by atoms with Crippen LogP contribution in [0.3, 0.4) is 0 Å². The number of aromatic nitrogens is 2. The third-order valence-electron chi connectivity index (χ3n) is 3.38. The number of ether oxygens (including phenoxy) is 1. The summed E-state index contributed by atoms with van der Waals surface area (Å²) in [6.45, 7) is 1.42. The van der Waals surface area contributed by atoms with E-state index in [0.29, 0.717) is 11.5 Å². The minimum Gasteiger partial charge on any atom is -0.452 e. The second kappa shape index (κ2) is 7.43. The summed E-state index contributed by atoms with van der Waals surface area (Å²) < 4.78 is 9.88. The lowest BCUT2D eigenvalue weighted by atomic mass is 10.1. The Kier molecular flexibility index (Phi) is 4.88. The zero-order valence-electron chi connectivity index (χ0n) is 13.7. The molecule has 3 aromatic rings. The fraction of sp³-hybridized carbons (Fsp3) is 0.118. The number of carbonyl (C=O) groups is 1. The van der Waals surface area contributed by atoms with Crippen molar-refractivity contribution in [2.45, 2.75) is 13.5 Å². The molecule has 0 spiro atoms. The zero-order valence-corrected chi connectivity index (χ0v) is 13.7. The van der Waals surface area contributed by atoms with Crippen molar-refractivity contribution in [3.63, 3.8) is 0 Å². The first-order chi connectivity index (χ1) is 12.5. The summed E-state index contributed by atoms with van der Waals surface area (Å²) in [5.41, 5.74) is 0.770. The number of esters is 1. The molecule has 3 rings (SSSR count). The van der Waals surface area contributed by atoms with E-state index in [2.05, 4.69) is 15.5 Å². The molecule has 0 aliphatic rings. The summed E-state index contributed by atoms with van der Waals surface area (Å²) >= 11 is 0. The van der Waals surface area contributed by atoms with Gasteiger partial charge in [-0.05, 0) is 31.2 Å². The van der Waals surface area contributed by atoms with Crippen molar-refractivity contribution in [1.29, 1.82) is 0 Å². The number of hydrogen-bond donors (Lipinski definition) is 1. The maximum atomic E-state index is 12.1. The lowest BCUT2D eigenvalue weighted by molar-refractivity contribution is -0.383. The fourth-order valence-electron chi connectivity index (χ4n) is 2.20. The average Bonchev–Trinajstić information content (AvgIpc) is 3.06. The number of nitrogens with zero attached hydrogens (tertiary/aromatic N) is 3. The molecule has 0 bridgehead atoms. The first-order valence-corrected chi connectivity index (χ1v) is 7.60. The molecule has 9 nitrogen and oxygen atoms in total. The van der Waals surface area contributed by atoms with Crippen LogP contribution >= 0.6 is 0 Å². The second-order valence-corrected chi connectivity index (χ2v) is 5.29. The van der Waals surface area contributed by atoms with Gasteiger partial charge in [0.25, 0.3) is 11.6 Å². The molecule has 0 aliphatic heterocycles. The predicted molar refractivity (Wildman–Crippen MR) is 91.0 cm³/mol. The predicted octanol–water partition coefficient (Wildman–Crippen LogP) is 3.39. The molecule has 1 heterocycles. The first kappa shape index (κ1) is 17.1. The van der Waals surface area contributed by atoms with E-state index in [-0.39, 0.29) is 29.4 Å². The molecule has 0 atom stereocenters. The van der Waals surface area contributed by atoms with E-state index in [1.165, 1.54) is 12.1 Å². The van der Waals surface area contributed by atoms with Crippen molar-refractivity contribution in [1.82, 2.24) is 10.1 Å². The number of benzene rings is 2. The van der Waals surface area contributed by atoms with Crippen LogP contribution in [0.5, 0.6) is 0 Å². The highest BCUT2D eigenvalue weighted by molar-refractivity contribution is 5.91. The highest BCUT2D eigenvalue weighted by Crippen LogP contribution is 2.29. The highest BCUT2D eigenvalue weighted by Gasteiger charge is 2.19. The Bertz CT molecular complexity index is 939. The number of aryl methyl sites for hydroxylation is 1. The largest absolute Gasteiger partial charge is 0.452 e. The van der Waals surface area contributed by atoms with Crippen molar-refractivity contribution in [3.8, 4) is 0 Å². The quantitative estimate of drug-likeness (QED) is 0.406. The van der Waals surface area contributed by atoms with E-state index < -0.39 is 10.9 Å². The molecule has 0 saturated heterocycles.